The monoisotopic (exact) mass is 420 g/mol. The van der Waals surface area contributed by atoms with Gasteiger partial charge in [-0.05, 0) is 67.8 Å². The molecule has 4 rings (SSSR count). The van der Waals surface area contributed by atoms with Gasteiger partial charge in [0.2, 0.25) is 0 Å². The summed E-state index contributed by atoms with van der Waals surface area (Å²) in [6, 6.07) is 26.7. The number of likely N-dealkylation sites (tertiary alicyclic amines) is 1. The standard InChI is InChI=1S/C25H28N2O2S/c28-23-15-13-21(14-16-23)17-19-27-18-7-8-22(20-27)26-30(29,24-9-3-1-4-10-24)25-11-5-2-6-12-25/h1-6,9-16,22,28H,7-8,17-20H2/t22-/m1/s1. The van der Waals surface area contributed by atoms with Gasteiger partial charge in [0.1, 0.15) is 15.5 Å². The van der Waals surface area contributed by atoms with Gasteiger partial charge in [-0.1, -0.05) is 48.5 Å². The van der Waals surface area contributed by atoms with E-state index in [9.17, 15) is 9.32 Å². The van der Waals surface area contributed by atoms with Gasteiger partial charge in [0.25, 0.3) is 0 Å². The maximum atomic E-state index is 14.2. The molecule has 1 heterocycles. The minimum Gasteiger partial charge on any atom is -0.508 e. The minimum atomic E-state index is -2.67. The van der Waals surface area contributed by atoms with Crippen LogP contribution in [0.25, 0.3) is 0 Å². The molecule has 1 aliphatic heterocycles. The number of benzene rings is 3. The number of rotatable bonds is 6. The summed E-state index contributed by atoms with van der Waals surface area (Å²) in [4.78, 5) is 3.97. The highest BCUT2D eigenvalue weighted by Gasteiger charge is 2.23. The lowest BCUT2D eigenvalue weighted by Crippen LogP contribution is -2.39. The van der Waals surface area contributed by atoms with Crippen molar-refractivity contribution >= 4 is 9.73 Å². The zero-order chi connectivity index (χ0) is 20.8. The Labute approximate surface area is 179 Å². The number of aromatic hydroxyl groups is 1. The van der Waals surface area contributed by atoms with E-state index in [4.69, 9.17) is 4.36 Å². The van der Waals surface area contributed by atoms with Crippen molar-refractivity contribution in [3.8, 4) is 5.75 Å². The number of hydrogen-bond acceptors (Lipinski definition) is 4. The molecule has 0 aromatic heterocycles. The summed E-state index contributed by atoms with van der Waals surface area (Å²) in [5, 5.41) is 9.45. The average Bonchev–Trinajstić information content (AvgIpc) is 2.80. The Morgan fingerprint density at radius 1 is 0.900 bits per heavy atom. The summed E-state index contributed by atoms with van der Waals surface area (Å²) in [5.74, 6) is 0.298. The van der Waals surface area contributed by atoms with Crippen molar-refractivity contribution in [3.05, 3.63) is 90.5 Å². The maximum Gasteiger partial charge on any atom is 0.115 e. The van der Waals surface area contributed by atoms with Crippen LogP contribution in [0.3, 0.4) is 0 Å². The molecule has 1 fully saturated rings. The first-order chi connectivity index (χ1) is 14.6. The first kappa shape index (κ1) is 20.6. The summed E-state index contributed by atoms with van der Waals surface area (Å²) < 4.78 is 19.1. The van der Waals surface area contributed by atoms with Crippen molar-refractivity contribution in [3.63, 3.8) is 0 Å². The molecule has 0 amide bonds. The van der Waals surface area contributed by atoms with Gasteiger partial charge in [0.05, 0.1) is 15.8 Å². The van der Waals surface area contributed by atoms with Crippen LogP contribution in [0.15, 0.2) is 99.1 Å². The third-order valence-corrected chi connectivity index (χ3v) is 7.97. The largest absolute Gasteiger partial charge is 0.508 e. The van der Waals surface area contributed by atoms with E-state index in [0.29, 0.717) is 5.75 Å². The van der Waals surface area contributed by atoms with Gasteiger partial charge in [-0.2, -0.15) is 0 Å². The molecule has 156 valence electrons. The minimum absolute atomic E-state index is 0.0477. The summed E-state index contributed by atoms with van der Waals surface area (Å²) in [7, 11) is -2.67. The van der Waals surface area contributed by atoms with E-state index in [2.05, 4.69) is 4.90 Å². The van der Waals surface area contributed by atoms with Crippen molar-refractivity contribution in [1.29, 1.82) is 0 Å². The fourth-order valence-corrected chi connectivity index (χ4v) is 6.11. The van der Waals surface area contributed by atoms with E-state index < -0.39 is 9.73 Å². The zero-order valence-electron chi connectivity index (χ0n) is 17.1. The molecule has 1 saturated heterocycles. The fraction of sp³-hybridized carbons (Fsp3) is 0.280. The van der Waals surface area contributed by atoms with Crippen LogP contribution in [0, 0.1) is 0 Å². The van der Waals surface area contributed by atoms with Crippen LogP contribution in [-0.4, -0.2) is 39.9 Å². The van der Waals surface area contributed by atoms with Gasteiger partial charge in [-0.25, -0.2) is 8.57 Å². The van der Waals surface area contributed by atoms with Crippen molar-refractivity contribution in [1.82, 2.24) is 4.90 Å². The number of phenols is 1. The molecule has 1 atom stereocenters. The van der Waals surface area contributed by atoms with E-state index in [0.717, 1.165) is 48.7 Å². The number of hydrogen-bond donors (Lipinski definition) is 1. The van der Waals surface area contributed by atoms with Gasteiger partial charge >= 0.3 is 0 Å². The second-order valence-electron chi connectivity index (χ2n) is 7.77. The molecular formula is C25H28N2O2S. The summed E-state index contributed by atoms with van der Waals surface area (Å²) >= 11 is 0. The smallest absolute Gasteiger partial charge is 0.115 e. The molecule has 3 aromatic rings. The topological polar surface area (TPSA) is 52.9 Å². The fourth-order valence-electron chi connectivity index (χ4n) is 3.95. The van der Waals surface area contributed by atoms with Crippen molar-refractivity contribution < 1.29 is 9.32 Å². The third-order valence-electron chi connectivity index (χ3n) is 5.56. The Balaban J connectivity index is 1.54. The van der Waals surface area contributed by atoms with E-state index in [1.54, 1.807) is 12.1 Å². The van der Waals surface area contributed by atoms with E-state index in [1.165, 1.54) is 5.56 Å². The molecule has 1 N–H and O–H groups in total. The second kappa shape index (κ2) is 9.45. The van der Waals surface area contributed by atoms with E-state index in [1.807, 2.05) is 72.8 Å². The first-order valence-corrected chi connectivity index (χ1v) is 12.0. The molecule has 30 heavy (non-hydrogen) atoms. The van der Waals surface area contributed by atoms with Crippen LogP contribution in [-0.2, 0) is 16.1 Å². The molecule has 4 nitrogen and oxygen atoms in total. The molecule has 0 radical (unpaired) electrons. The second-order valence-corrected chi connectivity index (χ2v) is 9.98. The SMILES string of the molecule is O=S(=N[C@@H]1CCCN(CCc2ccc(O)cc2)C1)(c1ccccc1)c1ccccc1. The van der Waals surface area contributed by atoms with E-state index in [-0.39, 0.29) is 6.04 Å². The number of phenolic OH excluding ortho intramolecular Hbond substituents is 1. The third kappa shape index (κ3) is 4.91. The molecule has 0 unspecified atom stereocenters. The molecule has 0 spiro atoms. The van der Waals surface area contributed by atoms with Crippen LogP contribution >= 0.6 is 0 Å². The lowest BCUT2D eigenvalue weighted by molar-refractivity contribution is 0.213. The number of nitrogens with zero attached hydrogens (tertiary/aromatic N) is 2. The van der Waals surface area contributed by atoms with Gasteiger partial charge in [-0.15, -0.1) is 0 Å². The molecule has 1 aliphatic rings. The highest BCUT2D eigenvalue weighted by Crippen LogP contribution is 2.26. The zero-order valence-corrected chi connectivity index (χ0v) is 17.9. The van der Waals surface area contributed by atoms with Crippen LogP contribution in [0.1, 0.15) is 18.4 Å². The van der Waals surface area contributed by atoms with Crippen LogP contribution in [0.2, 0.25) is 0 Å². The van der Waals surface area contributed by atoms with Crippen molar-refractivity contribution in [2.45, 2.75) is 35.1 Å². The number of piperidine rings is 1. The van der Waals surface area contributed by atoms with Crippen LogP contribution < -0.4 is 0 Å². The average molecular weight is 421 g/mol. The van der Waals surface area contributed by atoms with Gasteiger partial charge in [0.15, 0.2) is 0 Å². The highest BCUT2D eigenvalue weighted by atomic mass is 32.2. The molecule has 0 aliphatic carbocycles. The molecular weight excluding hydrogens is 392 g/mol. The summed E-state index contributed by atoms with van der Waals surface area (Å²) in [6.45, 7) is 2.81. The van der Waals surface area contributed by atoms with Gasteiger partial charge in [0, 0.05) is 13.1 Å². The molecule has 0 bridgehead atoms. The highest BCUT2D eigenvalue weighted by molar-refractivity contribution is 7.93. The van der Waals surface area contributed by atoms with Crippen LogP contribution in [0.5, 0.6) is 5.75 Å². The normalized spacial score (nSPS) is 17.5. The molecule has 3 aromatic carbocycles. The summed E-state index contributed by atoms with van der Waals surface area (Å²) in [5.41, 5.74) is 1.21. The predicted molar refractivity (Wildman–Crippen MR) is 121 cm³/mol. The van der Waals surface area contributed by atoms with Gasteiger partial charge in [-0.3, -0.25) is 0 Å². The summed E-state index contributed by atoms with van der Waals surface area (Å²) in [6.07, 6.45) is 2.95. The molecule has 5 heteroatoms. The Kier molecular flexibility index (Phi) is 6.50. The molecule has 0 saturated carbocycles. The van der Waals surface area contributed by atoms with E-state index >= 15 is 0 Å². The van der Waals surface area contributed by atoms with Crippen molar-refractivity contribution in [2.75, 3.05) is 19.6 Å². The lowest BCUT2D eigenvalue weighted by atomic mass is 10.1. The Hall–Kier alpha value is -2.63. The lowest BCUT2D eigenvalue weighted by Gasteiger charge is -2.31. The van der Waals surface area contributed by atoms with Gasteiger partial charge < -0.3 is 10.0 Å². The van der Waals surface area contributed by atoms with Crippen LogP contribution in [0.4, 0.5) is 0 Å². The Morgan fingerprint density at radius 2 is 1.50 bits per heavy atom. The predicted octanol–water partition coefficient (Wildman–Crippen LogP) is 4.99. The Morgan fingerprint density at radius 3 is 2.10 bits per heavy atom. The Bertz CT molecular complexity index is 1010. The first-order valence-electron chi connectivity index (χ1n) is 10.5. The van der Waals surface area contributed by atoms with Crippen molar-refractivity contribution in [2.24, 2.45) is 4.36 Å². The maximum absolute atomic E-state index is 14.2. The quantitative estimate of drug-likeness (QED) is 0.611.